The molecule has 0 heterocycles. The highest BCUT2D eigenvalue weighted by atomic mass is 16.5. The maximum Gasteiger partial charge on any atom is 0.306 e. The summed E-state index contributed by atoms with van der Waals surface area (Å²) in [6.07, 6.45) is 52.7. The number of hydrogen-bond acceptors (Lipinski definition) is 3. The summed E-state index contributed by atoms with van der Waals surface area (Å²) in [5.74, 6) is -0.736. The summed E-state index contributed by atoms with van der Waals surface area (Å²) in [5, 5.41) is 8.80. The van der Waals surface area contributed by atoms with Crippen LogP contribution in [0.15, 0.2) is 48.6 Å². The van der Waals surface area contributed by atoms with Crippen LogP contribution in [-0.4, -0.2) is 23.1 Å². The summed E-state index contributed by atoms with van der Waals surface area (Å²) < 4.78 is 6.00. The van der Waals surface area contributed by atoms with E-state index >= 15 is 0 Å². The van der Waals surface area contributed by atoms with Gasteiger partial charge in [-0.2, -0.15) is 0 Å². The van der Waals surface area contributed by atoms with Crippen molar-refractivity contribution in [1.29, 1.82) is 0 Å². The molecule has 1 unspecified atom stereocenters. The van der Waals surface area contributed by atoms with Crippen LogP contribution < -0.4 is 0 Å². The summed E-state index contributed by atoms with van der Waals surface area (Å²) in [5.41, 5.74) is 0. The second-order valence-corrected chi connectivity index (χ2v) is 13.8. The fraction of sp³-hybridized carbons (Fsp3) is 0.773. The Kier molecular flexibility index (Phi) is 37.6. The summed E-state index contributed by atoms with van der Waals surface area (Å²) in [6.45, 7) is 4.52. The van der Waals surface area contributed by atoms with Gasteiger partial charge in [-0.1, -0.05) is 172 Å². The van der Waals surface area contributed by atoms with Crippen LogP contribution in [0.4, 0.5) is 0 Å². The molecule has 0 aromatic rings. The van der Waals surface area contributed by atoms with E-state index in [0.29, 0.717) is 6.42 Å². The fourth-order valence-electron chi connectivity index (χ4n) is 6.00. The Morgan fingerprint density at radius 1 is 0.458 bits per heavy atom. The van der Waals surface area contributed by atoms with E-state index in [9.17, 15) is 9.59 Å². The molecular formula is C44H78O4. The van der Waals surface area contributed by atoms with E-state index in [-0.39, 0.29) is 18.5 Å². The Labute approximate surface area is 298 Å². The molecule has 0 saturated carbocycles. The van der Waals surface area contributed by atoms with Crippen LogP contribution in [0.25, 0.3) is 0 Å². The van der Waals surface area contributed by atoms with Crippen LogP contribution >= 0.6 is 0 Å². The maximum absolute atomic E-state index is 12.7. The predicted octanol–water partition coefficient (Wildman–Crippen LogP) is 14.3. The first kappa shape index (κ1) is 45.9. The van der Waals surface area contributed by atoms with Crippen LogP contribution in [0.2, 0.25) is 0 Å². The van der Waals surface area contributed by atoms with Gasteiger partial charge in [0.2, 0.25) is 0 Å². The quantitative estimate of drug-likeness (QED) is 0.0406. The van der Waals surface area contributed by atoms with Crippen LogP contribution in [0.5, 0.6) is 0 Å². The number of hydrogen-bond donors (Lipinski definition) is 1. The van der Waals surface area contributed by atoms with Gasteiger partial charge >= 0.3 is 11.9 Å². The molecule has 0 bridgehead atoms. The SMILES string of the molecule is CCCCC/C=C\C/C=C\C/C=C\C/C=C\CCCC(=O)OC(CCCCCCCCCCCCCC)CCCCCCCCC(=O)O. The lowest BCUT2D eigenvalue weighted by Crippen LogP contribution is -2.18. The van der Waals surface area contributed by atoms with Crippen LogP contribution in [0.1, 0.15) is 213 Å². The van der Waals surface area contributed by atoms with Crippen LogP contribution in [0.3, 0.4) is 0 Å². The standard InChI is InChI=1S/C44H78O4/c1-3-5-7-9-11-13-15-17-18-19-20-21-23-25-27-33-37-41-44(47)48-42(39-35-31-28-29-32-36-40-43(45)46)38-34-30-26-24-22-16-14-12-10-8-6-4-2/h11,13,17-18,20-21,25,27,42H,3-10,12,14-16,19,22-24,26,28-41H2,1-2H3,(H,45,46)/b13-11-,18-17-,21-20-,27-25-. The minimum atomic E-state index is -0.698. The number of carbonyl (C=O) groups is 2. The molecule has 0 aliphatic heterocycles. The van der Waals surface area contributed by atoms with Crippen molar-refractivity contribution in [2.75, 3.05) is 0 Å². The van der Waals surface area contributed by atoms with Crippen molar-refractivity contribution in [2.24, 2.45) is 0 Å². The molecule has 0 aromatic heterocycles. The van der Waals surface area contributed by atoms with Gasteiger partial charge in [0.05, 0.1) is 0 Å². The molecule has 4 heteroatoms. The Morgan fingerprint density at radius 3 is 1.29 bits per heavy atom. The maximum atomic E-state index is 12.7. The van der Waals surface area contributed by atoms with E-state index in [0.717, 1.165) is 89.9 Å². The van der Waals surface area contributed by atoms with Gasteiger partial charge in [-0.05, 0) is 77.0 Å². The minimum Gasteiger partial charge on any atom is -0.481 e. The largest absolute Gasteiger partial charge is 0.481 e. The molecule has 0 rings (SSSR count). The molecule has 1 atom stereocenters. The Balaban J connectivity index is 4.17. The number of ether oxygens (including phenoxy) is 1. The Hall–Kier alpha value is -2.10. The van der Waals surface area contributed by atoms with E-state index in [1.165, 1.54) is 96.3 Å². The number of allylic oxidation sites excluding steroid dienone is 8. The van der Waals surface area contributed by atoms with Gasteiger partial charge in [-0.15, -0.1) is 0 Å². The van der Waals surface area contributed by atoms with E-state index in [1.54, 1.807) is 0 Å². The van der Waals surface area contributed by atoms with E-state index < -0.39 is 5.97 Å². The van der Waals surface area contributed by atoms with Crippen molar-refractivity contribution in [3.8, 4) is 0 Å². The topological polar surface area (TPSA) is 63.6 Å². The van der Waals surface area contributed by atoms with Gasteiger partial charge in [0.1, 0.15) is 6.10 Å². The lowest BCUT2D eigenvalue weighted by Gasteiger charge is -2.18. The van der Waals surface area contributed by atoms with E-state index in [1.807, 2.05) is 0 Å². The monoisotopic (exact) mass is 671 g/mol. The summed E-state index contributed by atoms with van der Waals surface area (Å²) in [7, 11) is 0. The van der Waals surface area contributed by atoms with Gasteiger partial charge in [0.15, 0.2) is 0 Å². The van der Waals surface area contributed by atoms with Crippen LogP contribution in [0, 0.1) is 0 Å². The molecule has 278 valence electrons. The number of carbonyl (C=O) groups excluding carboxylic acids is 1. The third-order valence-electron chi connectivity index (χ3n) is 9.05. The molecule has 0 fully saturated rings. The zero-order valence-corrected chi connectivity index (χ0v) is 31.8. The molecule has 0 amide bonds. The van der Waals surface area contributed by atoms with Crippen LogP contribution in [-0.2, 0) is 14.3 Å². The molecule has 1 N–H and O–H groups in total. The van der Waals surface area contributed by atoms with Crippen molar-refractivity contribution in [3.63, 3.8) is 0 Å². The Morgan fingerprint density at radius 2 is 0.833 bits per heavy atom. The minimum absolute atomic E-state index is 0.0384. The average Bonchev–Trinajstić information content (AvgIpc) is 3.07. The highest BCUT2D eigenvalue weighted by Crippen LogP contribution is 2.19. The first-order valence-electron chi connectivity index (χ1n) is 20.6. The van der Waals surface area contributed by atoms with Gasteiger partial charge in [-0.3, -0.25) is 9.59 Å². The zero-order valence-electron chi connectivity index (χ0n) is 31.8. The summed E-state index contributed by atoms with van der Waals surface area (Å²) >= 11 is 0. The number of carboxylic acids is 1. The Bertz CT molecular complexity index is 809. The summed E-state index contributed by atoms with van der Waals surface area (Å²) in [6, 6.07) is 0. The van der Waals surface area contributed by atoms with Gasteiger partial charge in [-0.25, -0.2) is 0 Å². The zero-order chi connectivity index (χ0) is 35.0. The third kappa shape index (κ3) is 38.3. The number of unbranched alkanes of at least 4 members (excludes halogenated alkanes) is 20. The lowest BCUT2D eigenvalue weighted by molar-refractivity contribution is -0.150. The van der Waals surface area contributed by atoms with Gasteiger partial charge in [0, 0.05) is 12.8 Å². The number of rotatable bonds is 37. The molecule has 0 radical (unpaired) electrons. The second-order valence-electron chi connectivity index (χ2n) is 13.8. The fourth-order valence-corrected chi connectivity index (χ4v) is 6.00. The van der Waals surface area contributed by atoms with Crippen molar-refractivity contribution < 1.29 is 19.4 Å². The average molecular weight is 671 g/mol. The summed E-state index contributed by atoms with van der Waals surface area (Å²) in [4.78, 5) is 23.4. The second kappa shape index (κ2) is 39.3. The first-order chi connectivity index (χ1) is 23.6. The normalized spacial score (nSPS) is 12.7. The van der Waals surface area contributed by atoms with E-state index in [2.05, 4.69) is 62.5 Å². The predicted molar refractivity (Wildman–Crippen MR) is 209 cm³/mol. The third-order valence-corrected chi connectivity index (χ3v) is 9.05. The lowest BCUT2D eigenvalue weighted by atomic mass is 10.0. The number of esters is 1. The molecule has 0 aliphatic rings. The van der Waals surface area contributed by atoms with E-state index in [4.69, 9.17) is 9.84 Å². The number of carboxylic acid groups (broad SMARTS) is 1. The van der Waals surface area contributed by atoms with Crippen molar-refractivity contribution in [2.45, 2.75) is 219 Å². The first-order valence-corrected chi connectivity index (χ1v) is 20.6. The van der Waals surface area contributed by atoms with Crippen molar-refractivity contribution in [3.05, 3.63) is 48.6 Å². The van der Waals surface area contributed by atoms with Gasteiger partial charge < -0.3 is 9.84 Å². The highest BCUT2D eigenvalue weighted by molar-refractivity contribution is 5.69. The highest BCUT2D eigenvalue weighted by Gasteiger charge is 2.14. The smallest absolute Gasteiger partial charge is 0.306 e. The van der Waals surface area contributed by atoms with Gasteiger partial charge in [0.25, 0.3) is 0 Å². The molecule has 0 aromatic carbocycles. The van der Waals surface area contributed by atoms with Crippen molar-refractivity contribution >= 4 is 11.9 Å². The van der Waals surface area contributed by atoms with Crippen molar-refractivity contribution in [1.82, 2.24) is 0 Å². The molecule has 0 aliphatic carbocycles. The molecule has 0 spiro atoms. The molecule has 4 nitrogen and oxygen atoms in total. The molecule has 48 heavy (non-hydrogen) atoms. The number of aliphatic carboxylic acids is 1. The molecular weight excluding hydrogens is 592 g/mol. The molecule has 0 saturated heterocycles.